The van der Waals surface area contributed by atoms with Crippen LogP contribution >= 0.6 is 11.8 Å². The molecule has 3 aromatic rings. The number of rotatable bonds is 9. The van der Waals surface area contributed by atoms with Crippen LogP contribution in [0, 0.1) is 13.8 Å². The van der Waals surface area contributed by atoms with E-state index in [0.29, 0.717) is 23.5 Å². The molecule has 1 heterocycles. The van der Waals surface area contributed by atoms with Crippen LogP contribution in [-0.4, -0.2) is 38.9 Å². The quantitative estimate of drug-likeness (QED) is 0.412. The van der Waals surface area contributed by atoms with Gasteiger partial charge in [0.15, 0.2) is 10.9 Å². The first-order valence-corrected chi connectivity index (χ1v) is 10.6. The summed E-state index contributed by atoms with van der Waals surface area (Å²) in [7, 11) is 0. The van der Waals surface area contributed by atoms with Crippen molar-refractivity contribution >= 4 is 17.5 Å². The highest BCUT2D eigenvalue weighted by Gasteiger charge is 2.12. The Hall–Kier alpha value is -2.57. The van der Waals surface area contributed by atoms with Crippen molar-refractivity contribution < 1.29 is 14.6 Å². The molecule has 152 valence electrons. The number of imidazole rings is 1. The SMILES string of the molecule is CCC(=O)c1ccc(OCC(O)CSc2nccn2-c2cc(C)ccc2C)cc1. The Balaban J connectivity index is 1.55. The summed E-state index contributed by atoms with van der Waals surface area (Å²) in [5, 5.41) is 11.1. The molecule has 5 nitrogen and oxygen atoms in total. The van der Waals surface area contributed by atoms with E-state index < -0.39 is 6.10 Å². The number of carbonyl (C=O) groups is 1. The number of aromatic nitrogens is 2. The lowest BCUT2D eigenvalue weighted by Gasteiger charge is -2.14. The number of aliphatic hydroxyl groups excluding tert-OH is 1. The van der Waals surface area contributed by atoms with Gasteiger partial charge in [0, 0.05) is 30.1 Å². The molecular formula is C23H26N2O3S. The van der Waals surface area contributed by atoms with Gasteiger partial charge in [-0.05, 0) is 55.3 Å². The van der Waals surface area contributed by atoms with E-state index in [9.17, 15) is 9.90 Å². The summed E-state index contributed by atoms with van der Waals surface area (Å²) in [6, 6.07) is 13.3. The van der Waals surface area contributed by atoms with Crippen molar-refractivity contribution in [1.82, 2.24) is 9.55 Å². The van der Waals surface area contributed by atoms with E-state index >= 15 is 0 Å². The summed E-state index contributed by atoms with van der Waals surface area (Å²) >= 11 is 1.49. The standard InChI is InChI=1S/C23H26N2O3S/c1-4-22(27)18-7-9-20(10-8-18)28-14-19(26)15-29-23-24-11-12-25(23)21-13-16(2)5-6-17(21)3/h5-13,19,26H,4,14-15H2,1-3H3. The minimum absolute atomic E-state index is 0.104. The molecule has 1 N–H and O–H groups in total. The van der Waals surface area contributed by atoms with Gasteiger partial charge in [-0.1, -0.05) is 30.8 Å². The van der Waals surface area contributed by atoms with E-state index in [2.05, 4.69) is 37.0 Å². The monoisotopic (exact) mass is 410 g/mol. The van der Waals surface area contributed by atoms with Crippen LogP contribution in [0.15, 0.2) is 60.0 Å². The molecule has 0 fully saturated rings. The van der Waals surface area contributed by atoms with Gasteiger partial charge in [0.1, 0.15) is 12.4 Å². The van der Waals surface area contributed by atoms with Crippen LogP contribution in [0.4, 0.5) is 0 Å². The fourth-order valence-corrected chi connectivity index (χ4v) is 3.78. The van der Waals surface area contributed by atoms with Crippen molar-refractivity contribution in [3.8, 4) is 11.4 Å². The number of benzene rings is 2. The average molecular weight is 411 g/mol. The molecule has 0 saturated heterocycles. The molecule has 0 bridgehead atoms. The maximum Gasteiger partial charge on any atom is 0.172 e. The van der Waals surface area contributed by atoms with Gasteiger partial charge in [-0.2, -0.15) is 0 Å². The minimum atomic E-state index is -0.638. The second-order valence-electron chi connectivity index (χ2n) is 6.95. The second kappa shape index (κ2) is 9.76. The highest BCUT2D eigenvalue weighted by atomic mass is 32.2. The first kappa shape index (κ1) is 21.1. The van der Waals surface area contributed by atoms with E-state index in [4.69, 9.17) is 4.74 Å². The van der Waals surface area contributed by atoms with Gasteiger partial charge >= 0.3 is 0 Å². The van der Waals surface area contributed by atoms with E-state index in [1.165, 1.54) is 22.9 Å². The maximum absolute atomic E-state index is 11.7. The van der Waals surface area contributed by atoms with Gasteiger partial charge in [0.05, 0.1) is 11.8 Å². The molecule has 1 aromatic heterocycles. The predicted molar refractivity (Wildman–Crippen MR) is 116 cm³/mol. The van der Waals surface area contributed by atoms with Crippen molar-refractivity contribution in [1.29, 1.82) is 0 Å². The van der Waals surface area contributed by atoms with Crippen molar-refractivity contribution in [3.63, 3.8) is 0 Å². The fourth-order valence-electron chi connectivity index (χ4n) is 2.91. The van der Waals surface area contributed by atoms with Gasteiger partial charge in [-0.25, -0.2) is 4.98 Å². The van der Waals surface area contributed by atoms with Gasteiger partial charge in [-0.15, -0.1) is 0 Å². The molecule has 1 atom stereocenters. The largest absolute Gasteiger partial charge is 0.491 e. The Bertz CT molecular complexity index is 967. The molecule has 0 radical (unpaired) electrons. The maximum atomic E-state index is 11.7. The van der Waals surface area contributed by atoms with E-state index in [1.54, 1.807) is 30.5 Å². The summed E-state index contributed by atoms with van der Waals surface area (Å²) in [5.74, 6) is 1.21. The molecule has 0 spiro atoms. The number of hydrogen-bond acceptors (Lipinski definition) is 5. The summed E-state index contributed by atoms with van der Waals surface area (Å²) in [6.07, 6.45) is 3.55. The lowest BCUT2D eigenvalue weighted by atomic mass is 10.1. The van der Waals surface area contributed by atoms with Crippen LogP contribution < -0.4 is 4.74 Å². The number of hydrogen-bond donors (Lipinski definition) is 1. The zero-order valence-corrected chi connectivity index (χ0v) is 17.8. The third-order valence-electron chi connectivity index (χ3n) is 4.58. The van der Waals surface area contributed by atoms with Gasteiger partial charge in [-0.3, -0.25) is 9.36 Å². The molecule has 0 aliphatic carbocycles. The number of ketones is 1. The number of nitrogens with zero attached hydrogens (tertiary/aromatic N) is 2. The topological polar surface area (TPSA) is 64.3 Å². The first-order chi connectivity index (χ1) is 14.0. The zero-order valence-electron chi connectivity index (χ0n) is 17.0. The van der Waals surface area contributed by atoms with Gasteiger partial charge in [0.25, 0.3) is 0 Å². The molecule has 0 aliphatic heterocycles. The average Bonchev–Trinajstić information content (AvgIpc) is 3.20. The molecular weight excluding hydrogens is 384 g/mol. The van der Waals surface area contributed by atoms with Crippen LogP contribution in [0.3, 0.4) is 0 Å². The number of Topliss-reactive ketones (excluding diaryl/α,β-unsaturated/α-hetero) is 1. The Labute approximate surface area is 175 Å². The van der Waals surface area contributed by atoms with Crippen LogP contribution in [0.5, 0.6) is 5.75 Å². The summed E-state index contributed by atoms with van der Waals surface area (Å²) in [6.45, 7) is 6.16. The van der Waals surface area contributed by atoms with Crippen molar-refractivity contribution in [2.45, 2.75) is 38.5 Å². The Morgan fingerprint density at radius 1 is 1.21 bits per heavy atom. The molecule has 0 saturated carbocycles. The molecule has 6 heteroatoms. The van der Waals surface area contributed by atoms with Crippen LogP contribution in [0.2, 0.25) is 0 Å². The van der Waals surface area contributed by atoms with E-state index in [1.807, 2.05) is 17.7 Å². The van der Waals surface area contributed by atoms with E-state index in [0.717, 1.165) is 10.8 Å². The number of carbonyl (C=O) groups excluding carboxylic acids is 1. The van der Waals surface area contributed by atoms with Crippen molar-refractivity contribution in [3.05, 3.63) is 71.5 Å². The Kier molecular flexibility index (Phi) is 7.12. The minimum Gasteiger partial charge on any atom is -0.491 e. The fraction of sp³-hybridized carbons (Fsp3) is 0.304. The second-order valence-corrected chi connectivity index (χ2v) is 7.93. The predicted octanol–water partition coefficient (Wildman–Crippen LogP) is 4.61. The number of ether oxygens (including phenoxy) is 1. The molecule has 2 aromatic carbocycles. The van der Waals surface area contributed by atoms with Gasteiger partial charge < -0.3 is 9.84 Å². The number of aliphatic hydroxyl groups is 1. The van der Waals surface area contributed by atoms with Crippen LogP contribution in [-0.2, 0) is 0 Å². The molecule has 3 rings (SSSR count). The normalized spacial score (nSPS) is 12.0. The molecule has 29 heavy (non-hydrogen) atoms. The third-order valence-corrected chi connectivity index (χ3v) is 5.69. The smallest absolute Gasteiger partial charge is 0.172 e. The molecule has 1 unspecified atom stereocenters. The molecule has 0 amide bonds. The van der Waals surface area contributed by atoms with Gasteiger partial charge in [0.2, 0.25) is 0 Å². The zero-order chi connectivity index (χ0) is 20.8. The number of aryl methyl sites for hydroxylation is 2. The van der Waals surface area contributed by atoms with Crippen LogP contribution in [0.25, 0.3) is 5.69 Å². The highest BCUT2D eigenvalue weighted by molar-refractivity contribution is 7.99. The molecule has 0 aliphatic rings. The first-order valence-electron chi connectivity index (χ1n) is 9.66. The Morgan fingerprint density at radius 3 is 2.69 bits per heavy atom. The lowest BCUT2D eigenvalue weighted by molar-refractivity contribution is 0.0987. The Morgan fingerprint density at radius 2 is 1.97 bits per heavy atom. The van der Waals surface area contributed by atoms with Crippen molar-refractivity contribution in [2.24, 2.45) is 0 Å². The lowest BCUT2D eigenvalue weighted by Crippen LogP contribution is -2.20. The summed E-state index contributed by atoms with van der Waals surface area (Å²) in [4.78, 5) is 16.1. The van der Waals surface area contributed by atoms with E-state index in [-0.39, 0.29) is 12.4 Å². The third kappa shape index (κ3) is 5.49. The summed E-state index contributed by atoms with van der Waals surface area (Å²) < 4.78 is 7.70. The van der Waals surface area contributed by atoms with Crippen LogP contribution in [0.1, 0.15) is 34.8 Å². The summed E-state index contributed by atoms with van der Waals surface area (Å²) in [5.41, 5.74) is 4.13. The van der Waals surface area contributed by atoms with Crippen molar-refractivity contribution in [2.75, 3.05) is 12.4 Å². The highest BCUT2D eigenvalue weighted by Crippen LogP contribution is 2.24. The number of thioether (sulfide) groups is 1.